The second-order valence-electron chi connectivity index (χ2n) is 4.02. The fourth-order valence-electron chi connectivity index (χ4n) is 1.45. The first-order valence-electron chi connectivity index (χ1n) is 6.08. The number of aromatic nitrogens is 2. The molecule has 0 spiro atoms. The summed E-state index contributed by atoms with van der Waals surface area (Å²) in [7, 11) is 0. The van der Waals surface area contributed by atoms with Crippen LogP contribution in [0.3, 0.4) is 0 Å². The SMILES string of the molecule is CCCOc1ccc(Oc2ncnc(Cl)c2C)cc1. The highest BCUT2D eigenvalue weighted by Gasteiger charge is 2.07. The largest absolute Gasteiger partial charge is 0.494 e. The molecule has 1 aromatic heterocycles. The maximum atomic E-state index is 5.91. The molecule has 0 amide bonds. The van der Waals surface area contributed by atoms with Gasteiger partial charge >= 0.3 is 0 Å². The summed E-state index contributed by atoms with van der Waals surface area (Å²) in [5.74, 6) is 1.97. The second kappa shape index (κ2) is 6.38. The average Bonchev–Trinajstić information content (AvgIpc) is 2.43. The molecule has 0 saturated carbocycles. The van der Waals surface area contributed by atoms with Gasteiger partial charge in [-0.05, 0) is 37.6 Å². The summed E-state index contributed by atoms with van der Waals surface area (Å²) in [6.07, 6.45) is 2.36. The minimum atomic E-state index is 0.396. The van der Waals surface area contributed by atoms with Crippen LogP contribution in [0.25, 0.3) is 0 Å². The van der Waals surface area contributed by atoms with Gasteiger partial charge < -0.3 is 9.47 Å². The van der Waals surface area contributed by atoms with Crippen LogP contribution in [-0.4, -0.2) is 16.6 Å². The third kappa shape index (κ3) is 3.58. The maximum absolute atomic E-state index is 5.91. The van der Waals surface area contributed by atoms with Crippen LogP contribution in [0.2, 0.25) is 5.15 Å². The molecule has 0 aliphatic heterocycles. The molecule has 2 rings (SSSR count). The van der Waals surface area contributed by atoms with Gasteiger partial charge in [-0.25, -0.2) is 9.97 Å². The van der Waals surface area contributed by atoms with Gasteiger partial charge in [0.15, 0.2) is 0 Å². The zero-order valence-electron chi connectivity index (χ0n) is 10.9. The molecule has 2 aromatic rings. The number of benzene rings is 1. The topological polar surface area (TPSA) is 44.2 Å². The van der Waals surface area contributed by atoms with Gasteiger partial charge in [0, 0.05) is 5.56 Å². The molecule has 0 radical (unpaired) electrons. The van der Waals surface area contributed by atoms with Gasteiger partial charge in [-0.15, -0.1) is 0 Å². The van der Waals surface area contributed by atoms with Crippen LogP contribution in [0, 0.1) is 6.92 Å². The highest BCUT2D eigenvalue weighted by atomic mass is 35.5. The fourth-order valence-corrected chi connectivity index (χ4v) is 1.58. The van der Waals surface area contributed by atoms with Crippen LogP contribution in [-0.2, 0) is 0 Å². The summed E-state index contributed by atoms with van der Waals surface area (Å²) < 4.78 is 11.2. The van der Waals surface area contributed by atoms with E-state index in [9.17, 15) is 0 Å². The van der Waals surface area contributed by atoms with Gasteiger partial charge in [-0.2, -0.15) is 0 Å². The van der Waals surface area contributed by atoms with Crippen molar-refractivity contribution in [2.75, 3.05) is 6.61 Å². The molecule has 1 aromatic carbocycles. The first-order chi connectivity index (χ1) is 9.20. The average molecular weight is 279 g/mol. The summed E-state index contributed by atoms with van der Waals surface area (Å²) in [6.45, 7) is 4.59. The summed E-state index contributed by atoms with van der Waals surface area (Å²) in [5.41, 5.74) is 0.718. The Hall–Kier alpha value is -1.81. The first-order valence-corrected chi connectivity index (χ1v) is 6.46. The number of hydrogen-bond donors (Lipinski definition) is 0. The Bertz CT molecular complexity index is 544. The molecule has 4 nitrogen and oxygen atoms in total. The van der Waals surface area contributed by atoms with E-state index in [0.717, 1.165) is 17.7 Å². The van der Waals surface area contributed by atoms with E-state index in [-0.39, 0.29) is 0 Å². The number of hydrogen-bond acceptors (Lipinski definition) is 4. The van der Waals surface area contributed by atoms with E-state index >= 15 is 0 Å². The van der Waals surface area contributed by atoms with E-state index in [2.05, 4.69) is 16.9 Å². The molecule has 0 fully saturated rings. The first kappa shape index (κ1) is 13.6. The van der Waals surface area contributed by atoms with Crippen molar-refractivity contribution in [3.8, 4) is 17.4 Å². The molecule has 0 aliphatic rings. The third-order valence-corrected chi connectivity index (χ3v) is 2.87. The van der Waals surface area contributed by atoms with Crippen LogP contribution in [0.4, 0.5) is 0 Å². The minimum absolute atomic E-state index is 0.396. The Balaban J connectivity index is 2.09. The Labute approximate surface area is 117 Å². The van der Waals surface area contributed by atoms with Crippen LogP contribution < -0.4 is 9.47 Å². The Morgan fingerprint density at radius 1 is 1.11 bits per heavy atom. The van der Waals surface area contributed by atoms with E-state index in [1.807, 2.05) is 31.2 Å². The standard InChI is InChI=1S/C14H15ClN2O2/c1-3-8-18-11-4-6-12(7-5-11)19-14-10(2)13(15)16-9-17-14/h4-7,9H,3,8H2,1-2H3. The molecule has 0 bridgehead atoms. The van der Waals surface area contributed by atoms with Crippen molar-refractivity contribution in [1.29, 1.82) is 0 Å². The molecule has 0 atom stereocenters. The predicted octanol–water partition coefficient (Wildman–Crippen LogP) is 4.02. The highest BCUT2D eigenvalue weighted by Crippen LogP contribution is 2.27. The molecule has 100 valence electrons. The lowest BCUT2D eigenvalue weighted by atomic mass is 10.3. The Morgan fingerprint density at radius 3 is 2.47 bits per heavy atom. The van der Waals surface area contributed by atoms with Gasteiger partial charge in [0.2, 0.25) is 5.88 Å². The quantitative estimate of drug-likeness (QED) is 0.775. The van der Waals surface area contributed by atoms with Crippen molar-refractivity contribution in [3.63, 3.8) is 0 Å². The van der Waals surface area contributed by atoms with Gasteiger partial charge in [-0.3, -0.25) is 0 Å². The molecular formula is C14H15ClN2O2. The summed E-state index contributed by atoms with van der Waals surface area (Å²) >= 11 is 5.91. The highest BCUT2D eigenvalue weighted by molar-refractivity contribution is 6.30. The monoisotopic (exact) mass is 278 g/mol. The lowest BCUT2D eigenvalue weighted by Crippen LogP contribution is -1.96. The zero-order valence-corrected chi connectivity index (χ0v) is 11.6. The van der Waals surface area contributed by atoms with Crippen molar-refractivity contribution in [1.82, 2.24) is 9.97 Å². The molecule has 5 heteroatoms. The second-order valence-corrected chi connectivity index (χ2v) is 4.37. The summed E-state index contributed by atoms with van der Waals surface area (Å²) in [5, 5.41) is 0.396. The van der Waals surface area contributed by atoms with E-state index in [4.69, 9.17) is 21.1 Å². The van der Waals surface area contributed by atoms with E-state index < -0.39 is 0 Å². The van der Waals surface area contributed by atoms with Crippen molar-refractivity contribution in [3.05, 3.63) is 41.3 Å². The fraction of sp³-hybridized carbons (Fsp3) is 0.286. The summed E-state index contributed by atoms with van der Waals surface area (Å²) in [6, 6.07) is 7.40. The lowest BCUT2D eigenvalue weighted by Gasteiger charge is -2.09. The predicted molar refractivity (Wildman–Crippen MR) is 74.1 cm³/mol. The third-order valence-electron chi connectivity index (χ3n) is 2.49. The van der Waals surface area contributed by atoms with Crippen molar-refractivity contribution in [2.45, 2.75) is 20.3 Å². The molecule has 0 N–H and O–H groups in total. The smallest absolute Gasteiger partial charge is 0.226 e. The Morgan fingerprint density at radius 2 is 1.79 bits per heavy atom. The number of ether oxygens (including phenoxy) is 2. The molecule has 0 aliphatic carbocycles. The molecule has 0 unspecified atom stereocenters. The van der Waals surface area contributed by atoms with Crippen molar-refractivity contribution in [2.24, 2.45) is 0 Å². The van der Waals surface area contributed by atoms with Crippen molar-refractivity contribution >= 4 is 11.6 Å². The molecule has 19 heavy (non-hydrogen) atoms. The van der Waals surface area contributed by atoms with Crippen LogP contribution in [0.1, 0.15) is 18.9 Å². The zero-order chi connectivity index (χ0) is 13.7. The van der Waals surface area contributed by atoms with E-state index in [0.29, 0.717) is 23.4 Å². The molecule has 1 heterocycles. The van der Waals surface area contributed by atoms with Crippen molar-refractivity contribution < 1.29 is 9.47 Å². The van der Waals surface area contributed by atoms with Crippen LogP contribution >= 0.6 is 11.6 Å². The number of nitrogens with zero attached hydrogens (tertiary/aromatic N) is 2. The van der Waals surface area contributed by atoms with E-state index in [1.165, 1.54) is 6.33 Å². The van der Waals surface area contributed by atoms with Gasteiger partial charge in [0.25, 0.3) is 0 Å². The van der Waals surface area contributed by atoms with Crippen LogP contribution in [0.15, 0.2) is 30.6 Å². The van der Waals surface area contributed by atoms with Gasteiger partial charge in [0.05, 0.1) is 6.61 Å². The number of halogens is 1. The number of rotatable bonds is 5. The van der Waals surface area contributed by atoms with Gasteiger partial charge in [0.1, 0.15) is 23.0 Å². The molecule has 0 saturated heterocycles. The normalized spacial score (nSPS) is 10.3. The van der Waals surface area contributed by atoms with E-state index in [1.54, 1.807) is 0 Å². The Kier molecular flexibility index (Phi) is 4.58. The summed E-state index contributed by atoms with van der Waals surface area (Å²) in [4.78, 5) is 7.94. The lowest BCUT2D eigenvalue weighted by molar-refractivity contribution is 0.317. The van der Waals surface area contributed by atoms with Gasteiger partial charge in [-0.1, -0.05) is 18.5 Å². The molecular weight excluding hydrogens is 264 g/mol. The van der Waals surface area contributed by atoms with Crippen LogP contribution in [0.5, 0.6) is 17.4 Å². The minimum Gasteiger partial charge on any atom is -0.494 e. The maximum Gasteiger partial charge on any atom is 0.226 e.